The largest absolute Gasteiger partial charge is 0.489 e. The third kappa shape index (κ3) is 3.75. The van der Waals surface area contributed by atoms with Crippen molar-refractivity contribution in [3.8, 4) is 5.75 Å². The van der Waals surface area contributed by atoms with E-state index in [-0.39, 0.29) is 23.7 Å². The molecule has 6 nitrogen and oxygen atoms in total. The van der Waals surface area contributed by atoms with Gasteiger partial charge in [0, 0.05) is 17.7 Å². The van der Waals surface area contributed by atoms with Crippen LogP contribution in [0.2, 0.25) is 0 Å². The number of nitro benzene ring substituents is 1. The zero-order valence-electron chi connectivity index (χ0n) is 10.9. The van der Waals surface area contributed by atoms with Gasteiger partial charge in [0.05, 0.1) is 4.92 Å². The number of benzene rings is 2. The van der Waals surface area contributed by atoms with Crippen LogP contribution in [0.4, 0.5) is 10.1 Å². The minimum atomic E-state index is -0.509. The topological polar surface area (TPSA) is 102 Å². The molecule has 0 radical (unpaired) electrons. The average Bonchev–Trinajstić information content (AvgIpc) is 2.45. The number of nitrogens with one attached hydrogen (secondary N) is 1. The number of amidine groups is 1. The van der Waals surface area contributed by atoms with Crippen molar-refractivity contribution in [3.63, 3.8) is 0 Å². The summed E-state index contributed by atoms with van der Waals surface area (Å²) >= 11 is 0. The van der Waals surface area contributed by atoms with Gasteiger partial charge in [-0.1, -0.05) is 0 Å². The molecule has 3 N–H and O–H groups in total. The standard InChI is InChI=1S/C14H12FN3O3/c15-11-6-9(5-10(7-11)14(16)17)8-21-13-3-1-12(2-4-13)18(19)20/h1-7H,8H2,(H3,16,17). The molecule has 0 spiro atoms. The molecule has 2 aromatic carbocycles. The van der Waals surface area contributed by atoms with Crippen LogP contribution in [0.25, 0.3) is 0 Å². The fourth-order valence-corrected chi connectivity index (χ4v) is 1.72. The molecule has 0 aromatic heterocycles. The van der Waals surface area contributed by atoms with Crippen molar-refractivity contribution in [1.29, 1.82) is 5.41 Å². The van der Waals surface area contributed by atoms with E-state index in [9.17, 15) is 14.5 Å². The molecule has 0 fully saturated rings. The second kappa shape index (κ2) is 6.00. The van der Waals surface area contributed by atoms with Crippen molar-refractivity contribution < 1.29 is 14.1 Å². The lowest BCUT2D eigenvalue weighted by Gasteiger charge is -2.08. The van der Waals surface area contributed by atoms with E-state index < -0.39 is 10.7 Å². The van der Waals surface area contributed by atoms with Crippen LogP contribution in [0.3, 0.4) is 0 Å². The van der Waals surface area contributed by atoms with E-state index >= 15 is 0 Å². The predicted octanol–water partition coefficient (Wildman–Crippen LogP) is 2.60. The van der Waals surface area contributed by atoms with Crippen LogP contribution >= 0.6 is 0 Å². The Labute approximate surface area is 119 Å². The van der Waals surface area contributed by atoms with Gasteiger partial charge < -0.3 is 10.5 Å². The van der Waals surface area contributed by atoms with Gasteiger partial charge in [-0.25, -0.2) is 4.39 Å². The molecule has 0 heterocycles. The first-order valence-corrected chi connectivity index (χ1v) is 5.97. The van der Waals surface area contributed by atoms with E-state index in [0.717, 1.165) is 6.07 Å². The van der Waals surface area contributed by atoms with E-state index in [1.54, 1.807) is 6.07 Å². The molecule has 0 saturated carbocycles. The number of hydrogen-bond acceptors (Lipinski definition) is 4. The second-order valence-electron chi connectivity index (χ2n) is 4.30. The molecule has 0 unspecified atom stereocenters. The minimum Gasteiger partial charge on any atom is -0.489 e. The lowest BCUT2D eigenvalue weighted by molar-refractivity contribution is -0.384. The minimum absolute atomic E-state index is 0.0352. The van der Waals surface area contributed by atoms with Gasteiger partial charge in [-0.15, -0.1) is 0 Å². The molecule has 0 amide bonds. The van der Waals surface area contributed by atoms with Crippen molar-refractivity contribution in [1.82, 2.24) is 0 Å². The summed E-state index contributed by atoms with van der Waals surface area (Å²) in [6, 6.07) is 9.56. The number of nitrogens with zero attached hydrogens (tertiary/aromatic N) is 1. The third-order valence-electron chi connectivity index (χ3n) is 2.72. The van der Waals surface area contributed by atoms with E-state index in [1.807, 2.05) is 0 Å². The Bertz CT molecular complexity index is 686. The highest BCUT2D eigenvalue weighted by atomic mass is 19.1. The molecular weight excluding hydrogens is 277 g/mol. The molecule has 0 aliphatic heterocycles. The molecule has 2 aromatic rings. The highest BCUT2D eigenvalue weighted by Crippen LogP contribution is 2.19. The van der Waals surface area contributed by atoms with Gasteiger partial charge >= 0.3 is 0 Å². The lowest BCUT2D eigenvalue weighted by atomic mass is 10.1. The lowest BCUT2D eigenvalue weighted by Crippen LogP contribution is -2.12. The van der Waals surface area contributed by atoms with Gasteiger partial charge in [-0.05, 0) is 35.9 Å². The van der Waals surface area contributed by atoms with Crippen LogP contribution < -0.4 is 10.5 Å². The first kappa shape index (κ1) is 14.4. The van der Waals surface area contributed by atoms with Crippen LogP contribution in [0.15, 0.2) is 42.5 Å². The Morgan fingerprint density at radius 2 is 1.95 bits per heavy atom. The Hall–Kier alpha value is -2.96. The van der Waals surface area contributed by atoms with Crippen molar-refractivity contribution in [3.05, 3.63) is 69.5 Å². The van der Waals surface area contributed by atoms with Gasteiger partial charge in [0.2, 0.25) is 0 Å². The smallest absolute Gasteiger partial charge is 0.269 e. The number of rotatable bonds is 5. The van der Waals surface area contributed by atoms with Gasteiger partial charge in [-0.3, -0.25) is 15.5 Å². The maximum Gasteiger partial charge on any atom is 0.269 e. The van der Waals surface area contributed by atoms with Gasteiger partial charge in [0.25, 0.3) is 5.69 Å². The number of ether oxygens (including phenoxy) is 1. The predicted molar refractivity (Wildman–Crippen MR) is 74.8 cm³/mol. The molecule has 0 aliphatic rings. The first-order valence-electron chi connectivity index (χ1n) is 5.97. The summed E-state index contributed by atoms with van der Waals surface area (Å²) in [5.41, 5.74) is 6.07. The van der Waals surface area contributed by atoms with Crippen molar-refractivity contribution in [2.45, 2.75) is 6.61 Å². The summed E-state index contributed by atoms with van der Waals surface area (Å²) in [5, 5.41) is 17.8. The third-order valence-corrected chi connectivity index (χ3v) is 2.72. The Morgan fingerprint density at radius 3 is 2.52 bits per heavy atom. The van der Waals surface area contributed by atoms with E-state index in [4.69, 9.17) is 15.9 Å². The monoisotopic (exact) mass is 289 g/mol. The number of hydrogen-bond donors (Lipinski definition) is 2. The second-order valence-corrected chi connectivity index (χ2v) is 4.30. The molecule has 7 heteroatoms. The van der Waals surface area contributed by atoms with Crippen LogP contribution in [-0.2, 0) is 6.61 Å². The fraction of sp³-hybridized carbons (Fsp3) is 0.0714. The summed E-state index contributed by atoms with van der Waals surface area (Å²) < 4.78 is 18.8. The zero-order valence-corrected chi connectivity index (χ0v) is 10.9. The number of halogens is 1. The van der Waals surface area contributed by atoms with Crippen molar-refractivity contribution in [2.24, 2.45) is 5.73 Å². The van der Waals surface area contributed by atoms with Crippen LogP contribution in [0.1, 0.15) is 11.1 Å². The van der Waals surface area contributed by atoms with Crippen molar-refractivity contribution >= 4 is 11.5 Å². The molecule has 0 aliphatic carbocycles. The average molecular weight is 289 g/mol. The number of nitrogens with two attached hydrogens (primary N) is 1. The van der Waals surface area contributed by atoms with Crippen LogP contribution in [0, 0.1) is 21.3 Å². The quantitative estimate of drug-likeness (QED) is 0.382. The van der Waals surface area contributed by atoms with Gasteiger partial charge in [0.15, 0.2) is 0 Å². The molecule has 108 valence electrons. The highest BCUT2D eigenvalue weighted by Gasteiger charge is 2.06. The van der Waals surface area contributed by atoms with Gasteiger partial charge in [-0.2, -0.15) is 0 Å². The maximum absolute atomic E-state index is 13.4. The Morgan fingerprint density at radius 1 is 1.29 bits per heavy atom. The summed E-state index contributed by atoms with van der Waals surface area (Å²) in [4.78, 5) is 10.0. The first-order chi connectivity index (χ1) is 9.95. The van der Waals surface area contributed by atoms with E-state index in [1.165, 1.54) is 30.3 Å². The Kier molecular flexibility index (Phi) is 4.13. The molecule has 0 bridgehead atoms. The van der Waals surface area contributed by atoms with Crippen LogP contribution in [-0.4, -0.2) is 10.8 Å². The molecule has 2 rings (SSSR count). The number of nitro groups is 1. The number of non-ortho nitro benzene ring substituents is 1. The van der Waals surface area contributed by atoms with Gasteiger partial charge in [0.1, 0.15) is 24.0 Å². The summed E-state index contributed by atoms with van der Waals surface area (Å²) in [5.74, 6) is -0.315. The molecular formula is C14H12FN3O3. The normalized spacial score (nSPS) is 10.1. The number of nitrogen functional groups attached to an aromatic ring is 1. The van der Waals surface area contributed by atoms with Crippen molar-refractivity contribution in [2.75, 3.05) is 0 Å². The highest BCUT2D eigenvalue weighted by molar-refractivity contribution is 5.95. The molecule has 0 saturated heterocycles. The van der Waals surface area contributed by atoms with Crippen LogP contribution in [0.5, 0.6) is 5.75 Å². The van der Waals surface area contributed by atoms with E-state index in [0.29, 0.717) is 11.3 Å². The molecule has 0 atom stereocenters. The zero-order chi connectivity index (χ0) is 15.4. The SMILES string of the molecule is N=C(N)c1cc(F)cc(COc2ccc([N+](=O)[O-])cc2)c1. The summed E-state index contributed by atoms with van der Waals surface area (Å²) in [6.07, 6.45) is 0. The fourth-order valence-electron chi connectivity index (χ4n) is 1.72. The van der Waals surface area contributed by atoms with E-state index in [2.05, 4.69) is 0 Å². The molecule has 21 heavy (non-hydrogen) atoms. The maximum atomic E-state index is 13.4. The summed E-state index contributed by atoms with van der Waals surface area (Å²) in [7, 11) is 0. The summed E-state index contributed by atoms with van der Waals surface area (Å²) in [6.45, 7) is 0.0653. The Balaban J connectivity index is 2.09.